The van der Waals surface area contributed by atoms with Crippen LogP contribution >= 0.6 is 0 Å². The van der Waals surface area contributed by atoms with Crippen molar-refractivity contribution in [3.63, 3.8) is 0 Å². The number of aromatic amines is 1. The van der Waals surface area contributed by atoms with Crippen molar-refractivity contribution in [3.8, 4) is 39.4 Å². The maximum Gasteiger partial charge on any atom is 0.205 e. The summed E-state index contributed by atoms with van der Waals surface area (Å²) >= 11 is 0. The fourth-order valence-corrected chi connectivity index (χ4v) is 4.49. The summed E-state index contributed by atoms with van der Waals surface area (Å²) in [5.74, 6) is 1.33. The van der Waals surface area contributed by atoms with E-state index in [1.54, 1.807) is 0 Å². The number of nitrogens with one attached hydrogen (secondary N) is 1. The van der Waals surface area contributed by atoms with Crippen molar-refractivity contribution < 1.29 is 9.53 Å². The van der Waals surface area contributed by atoms with Crippen LogP contribution in [0, 0.1) is 0 Å². The van der Waals surface area contributed by atoms with E-state index in [2.05, 4.69) is 25.5 Å². The minimum atomic E-state index is 0.553. The first-order valence-corrected chi connectivity index (χ1v) is 11.7. The van der Waals surface area contributed by atoms with Gasteiger partial charge in [0.1, 0.15) is 12.4 Å². The molecule has 34 heavy (non-hydrogen) atoms. The first-order valence-electron chi connectivity index (χ1n) is 11.7. The second-order valence-corrected chi connectivity index (χ2v) is 8.48. The monoisotopic (exact) mass is 453 g/mol. The molecule has 0 spiro atoms. The Bertz CT molecular complexity index is 1230. The fourth-order valence-electron chi connectivity index (χ4n) is 4.49. The van der Waals surface area contributed by atoms with Crippen LogP contribution in [-0.2, 0) is 0 Å². The molecule has 1 fully saturated rings. The molecule has 0 radical (unpaired) electrons. The average Bonchev–Trinajstić information content (AvgIpc) is 3.44. The summed E-state index contributed by atoms with van der Waals surface area (Å²) in [7, 11) is 0. The van der Waals surface area contributed by atoms with Gasteiger partial charge in [-0.1, -0.05) is 55.0 Å². The molecule has 0 saturated carbocycles. The lowest BCUT2D eigenvalue weighted by Crippen LogP contribution is -2.33. The number of hydrogen-bond acceptors (Lipinski definition) is 6. The number of carbonyl (C=O) groups excluding carboxylic acids is 1. The SMILES string of the molecule is O=Cc1ccc(OCCN2CCCCC2)cc1-c1ccc(-c2ccccc2-c2nn[nH]n2)cc1. The molecular weight excluding hydrogens is 426 g/mol. The lowest BCUT2D eigenvalue weighted by Gasteiger charge is -2.26. The molecule has 1 aliphatic heterocycles. The summed E-state index contributed by atoms with van der Waals surface area (Å²) in [5, 5.41) is 14.4. The molecular formula is C27H27N5O2. The molecule has 0 amide bonds. The number of carbonyl (C=O) groups is 1. The van der Waals surface area contributed by atoms with Gasteiger partial charge in [-0.15, -0.1) is 10.2 Å². The van der Waals surface area contributed by atoms with E-state index in [4.69, 9.17) is 4.74 Å². The van der Waals surface area contributed by atoms with Crippen LogP contribution in [0.4, 0.5) is 0 Å². The molecule has 3 aromatic carbocycles. The summed E-state index contributed by atoms with van der Waals surface area (Å²) in [4.78, 5) is 14.2. The average molecular weight is 454 g/mol. The molecule has 7 nitrogen and oxygen atoms in total. The van der Waals surface area contributed by atoms with E-state index in [1.165, 1.54) is 19.3 Å². The first-order chi connectivity index (χ1) is 16.8. The van der Waals surface area contributed by atoms with Crippen molar-refractivity contribution in [2.75, 3.05) is 26.2 Å². The molecule has 0 bridgehead atoms. The number of piperidine rings is 1. The minimum Gasteiger partial charge on any atom is -0.492 e. The Morgan fingerprint density at radius 1 is 0.882 bits per heavy atom. The molecule has 0 unspecified atom stereocenters. The largest absolute Gasteiger partial charge is 0.492 e. The molecule has 7 heteroatoms. The molecule has 1 aromatic heterocycles. The Morgan fingerprint density at radius 3 is 2.32 bits per heavy atom. The molecule has 1 N–H and O–H groups in total. The van der Waals surface area contributed by atoms with Crippen LogP contribution in [0.15, 0.2) is 66.7 Å². The standard InChI is InChI=1S/C27H27N5O2/c33-19-22-12-13-23(34-17-16-32-14-4-1-5-15-32)18-26(22)21-10-8-20(9-11-21)24-6-2-3-7-25(24)27-28-30-31-29-27/h2-3,6-13,18-19H,1,4-5,14-17H2,(H,28,29,30,31). The maximum absolute atomic E-state index is 11.7. The van der Waals surface area contributed by atoms with E-state index in [0.717, 1.165) is 59.5 Å². The second kappa shape index (κ2) is 10.4. The highest BCUT2D eigenvalue weighted by Crippen LogP contribution is 2.33. The molecule has 5 rings (SSSR count). The van der Waals surface area contributed by atoms with Gasteiger partial charge in [0.25, 0.3) is 0 Å². The number of likely N-dealkylation sites (tertiary alicyclic amines) is 1. The maximum atomic E-state index is 11.7. The number of tetrazole rings is 1. The van der Waals surface area contributed by atoms with Gasteiger partial charge in [0.15, 0.2) is 6.29 Å². The lowest BCUT2D eigenvalue weighted by atomic mass is 9.95. The molecule has 4 aromatic rings. The Balaban J connectivity index is 1.36. The predicted molar refractivity (Wildman–Crippen MR) is 132 cm³/mol. The van der Waals surface area contributed by atoms with E-state index < -0.39 is 0 Å². The molecule has 172 valence electrons. The van der Waals surface area contributed by atoms with E-state index in [-0.39, 0.29) is 0 Å². The van der Waals surface area contributed by atoms with Crippen molar-refractivity contribution in [1.29, 1.82) is 0 Å². The normalized spacial score (nSPS) is 14.1. The van der Waals surface area contributed by atoms with E-state index >= 15 is 0 Å². The summed E-state index contributed by atoms with van der Waals surface area (Å²) in [6.07, 6.45) is 4.77. The van der Waals surface area contributed by atoms with Crippen LogP contribution in [-0.4, -0.2) is 58.1 Å². The van der Waals surface area contributed by atoms with Gasteiger partial charge < -0.3 is 4.74 Å². The number of aldehydes is 1. The number of H-pyrrole nitrogens is 1. The number of nitrogens with zero attached hydrogens (tertiary/aromatic N) is 4. The van der Waals surface area contributed by atoms with Gasteiger partial charge in [-0.2, -0.15) is 5.21 Å². The molecule has 1 aliphatic rings. The Hall–Kier alpha value is -3.84. The number of aromatic nitrogens is 4. The van der Waals surface area contributed by atoms with E-state index in [9.17, 15) is 4.79 Å². The van der Waals surface area contributed by atoms with Crippen molar-refractivity contribution >= 4 is 6.29 Å². The smallest absolute Gasteiger partial charge is 0.205 e. The third-order valence-electron chi connectivity index (χ3n) is 6.30. The molecule has 1 saturated heterocycles. The van der Waals surface area contributed by atoms with Gasteiger partial charge >= 0.3 is 0 Å². The highest BCUT2D eigenvalue weighted by atomic mass is 16.5. The van der Waals surface area contributed by atoms with Crippen LogP contribution in [0.2, 0.25) is 0 Å². The lowest BCUT2D eigenvalue weighted by molar-refractivity contribution is 0.112. The molecule has 0 aliphatic carbocycles. The van der Waals surface area contributed by atoms with Crippen LogP contribution in [0.3, 0.4) is 0 Å². The van der Waals surface area contributed by atoms with Crippen molar-refractivity contribution in [2.24, 2.45) is 0 Å². The zero-order valence-corrected chi connectivity index (χ0v) is 19.0. The Labute approximate surface area is 198 Å². The zero-order chi connectivity index (χ0) is 23.2. The fraction of sp³-hybridized carbons (Fsp3) is 0.259. The topological polar surface area (TPSA) is 84.0 Å². The Kier molecular flexibility index (Phi) is 6.72. The zero-order valence-electron chi connectivity index (χ0n) is 19.0. The van der Waals surface area contributed by atoms with Gasteiger partial charge in [-0.25, -0.2) is 0 Å². The molecule has 0 atom stereocenters. The van der Waals surface area contributed by atoms with Crippen LogP contribution in [0.1, 0.15) is 29.6 Å². The van der Waals surface area contributed by atoms with Crippen molar-refractivity contribution in [2.45, 2.75) is 19.3 Å². The van der Waals surface area contributed by atoms with Crippen molar-refractivity contribution in [1.82, 2.24) is 25.5 Å². The summed E-state index contributed by atoms with van der Waals surface area (Å²) < 4.78 is 6.04. The number of hydrogen-bond donors (Lipinski definition) is 1. The quantitative estimate of drug-likeness (QED) is 0.383. The first kappa shape index (κ1) is 22.0. The minimum absolute atomic E-state index is 0.553. The van der Waals surface area contributed by atoms with Crippen LogP contribution in [0.5, 0.6) is 5.75 Å². The number of ether oxygens (including phenoxy) is 1. The van der Waals surface area contributed by atoms with Gasteiger partial charge in [0.05, 0.1) is 0 Å². The summed E-state index contributed by atoms with van der Waals surface area (Å²) in [6.45, 7) is 3.88. The van der Waals surface area contributed by atoms with Gasteiger partial charge in [0, 0.05) is 17.7 Å². The summed E-state index contributed by atoms with van der Waals surface area (Å²) in [5.41, 5.74) is 5.42. The summed E-state index contributed by atoms with van der Waals surface area (Å²) in [6, 6.07) is 21.8. The number of rotatable bonds is 8. The third kappa shape index (κ3) is 4.89. The number of benzene rings is 3. The van der Waals surface area contributed by atoms with Crippen molar-refractivity contribution in [3.05, 3.63) is 72.3 Å². The molecule has 2 heterocycles. The predicted octanol–water partition coefficient (Wildman–Crippen LogP) is 4.88. The van der Waals surface area contributed by atoms with Gasteiger partial charge in [-0.05, 0) is 71.6 Å². The second-order valence-electron chi connectivity index (χ2n) is 8.48. The van der Waals surface area contributed by atoms with Gasteiger partial charge in [0.2, 0.25) is 5.82 Å². The highest BCUT2D eigenvalue weighted by molar-refractivity contribution is 5.89. The van der Waals surface area contributed by atoms with Crippen LogP contribution < -0.4 is 4.74 Å². The van der Waals surface area contributed by atoms with E-state index in [0.29, 0.717) is 18.0 Å². The van der Waals surface area contributed by atoms with Gasteiger partial charge in [-0.3, -0.25) is 9.69 Å². The van der Waals surface area contributed by atoms with Crippen LogP contribution in [0.25, 0.3) is 33.6 Å². The highest BCUT2D eigenvalue weighted by Gasteiger charge is 2.13. The Morgan fingerprint density at radius 2 is 1.62 bits per heavy atom. The third-order valence-corrected chi connectivity index (χ3v) is 6.30. The van der Waals surface area contributed by atoms with E-state index in [1.807, 2.05) is 66.7 Å².